The van der Waals surface area contributed by atoms with Crippen LogP contribution in [0.15, 0.2) is 64.4 Å². The monoisotopic (exact) mass is 589 g/mol. The quantitative estimate of drug-likeness (QED) is 0.332. The van der Waals surface area contributed by atoms with Crippen LogP contribution in [0.2, 0.25) is 0 Å². The van der Waals surface area contributed by atoms with E-state index in [1.54, 1.807) is 43.0 Å². The number of carbonyl (C=O) groups is 4. The van der Waals surface area contributed by atoms with Crippen LogP contribution >= 0.6 is 23.1 Å². The zero-order valence-corrected chi connectivity index (χ0v) is 23.7. The summed E-state index contributed by atoms with van der Waals surface area (Å²) in [7, 11) is 0. The third kappa shape index (κ3) is 4.16. The van der Waals surface area contributed by atoms with E-state index in [1.165, 1.54) is 11.3 Å². The number of fused-ring (bicyclic) bond motifs is 9. The molecule has 0 radical (unpaired) electrons. The van der Waals surface area contributed by atoms with E-state index in [2.05, 4.69) is 22.4 Å². The maximum atomic E-state index is 13.7. The Labute approximate surface area is 243 Å². The van der Waals surface area contributed by atoms with E-state index in [4.69, 9.17) is 4.74 Å². The highest BCUT2D eigenvalue weighted by Crippen LogP contribution is 2.68. The molecule has 3 fully saturated rings. The van der Waals surface area contributed by atoms with E-state index in [-0.39, 0.29) is 58.8 Å². The molecule has 2 bridgehead atoms. The van der Waals surface area contributed by atoms with Gasteiger partial charge in [-0.2, -0.15) is 0 Å². The molecule has 2 aliphatic carbocycles. The average molecular weight is 590 g/mol. The second-order valence-corrected chi connectivity index (χ2v) is 13.2. The maximum Gasteiger partial charge on any atom is 0.338 e. The average Bonchev–Trinajstić information content (AvgIpc) is 3.70. The molecule has 7 atom stereocenters. The van der Waals surface area contributed by atoms with Crippen LogP contribution in [0.5, 0.6) is 0 Å². The van der Waals surface area contributed by atoms with Gasteiger partial charge in [-0.3, -0.25) is 24.1 Å². The van der Waals surface area contributed by atoms with Gasteiger partial charge in [-0.05, 0) is 60.9 Å². The summed E-state index contributed by atoms with van der Waals surface area (Å²) in [5.74, 6) is -2.27. The Hall–Kier alpha value is -3.70. The number of thiazole rings is 1. The molecule has 7 rings (SSSR count). The number of ether oxygens (including phenoxy) is 1. The lowest BCUT2D eigenvalue weighted by Crippen LogP contribution is -2.42. The number of anilines is 1. The Bertz CT molecular complexity index is 1620. The van der Waals surface area contributed by atoms with Crippen molar-refractivity contribution in [3.8, 4) is 0 Å². The van der Waals surface area contributed by atoms with Crippen LogP contribution < -0.4 is 10.2 Å². The molecule has 2 aliphatic heterocycles. The summed E-state index contributed by atoms with van der Waals surface area (Å²) in [4.78, 5) is 69.6. The molecule has 2 saturated carbocycles. The van der Waals surface area contributed by atoms with Crippen LogP contribution in [-0.4, -0.2) is 52.0 Å². The van der Waals surface area contributed by atoms with Crippen LogP contribution in [0, 0.1) is 29.6 Å². The smallest absolute Gasteiger partial charge is 0.338 e. The van der Waals surface area contributed by atoms with E-state index >= 15 is 0 Å². The van der Waals surface area contributed by atoms with Gasteiger partial charge in [-0.15, -0.1) is 11.8 Å². The topological polar surface area (TPSA) is 126 Å². The predicted octanol–water partition coefficient (Wildman–Crippen LogP) is 3.73. The predicted molar refractivity (Wildman–Crippen MR) is 153 cm³/mol. The largest absolute Gasteiger partial charge is 0.462 e. The number of imide groups is 1. The zero-order valence-electron chi connectivity index (χ0n) is 22.1. The van der Waals surface area contributed by atoms with Crippen molar-refractivity contribution < 1.29 is 23.9 Å². The Morgan fingerprint density at radius 2 is 1.71 bits per heavy atom. The van der Waals surface area contributed by atoms with Crippen LogP contribution in [-0.2, 0) is 19.1 Å². The Balaban J connectivity index is 1.11. The van der Waals surface area contributed by atoms with Crippen molar-refractivity contribution >= 4 is 52.5 Å². The third-order valence-corrected chi connectivity index (χ3v) is 11.5. The number of aromatic nitrogens is 1. The second kappa shape index (κ2) is 9.99. The summed E-state index contributed by atoms with van der Waals surface area (Å²) in [6.07, 6.45) is 0.796. The Kier molecular flexibility index (Phi) is 6.39. The van der Waals surface area contributed by atoms with Crippen molar-refractivity contribution in [2.75, 3.05) is 18.5 Å². The molecule has 1 saturated heterocycles. The second-order valence-electron chi connectivity index (χ2n) is 11.0. The van der Waals surface area contributed by atoms with Gasteiger partial charge in [0, 0.05) is 21.7 Å². The molecular formula is C30H27N3O6S2. The first-order chi connectivity index (χ1) is 19.9. The van der Waals surface area contributed by atoms with Crippen LogP contribution in [0.3, 0.4) is 0 Å². The van der Waals surface area contributed by atoms with Gasteiger partial charge in [0.1, 0.15) is 6.54 Å². The number of likely N-dealkylation sites (tertiary alicyclic amines) is 1. The highest BCUT2D eigenvalue weighted by molar-refractivity contribution is 8.00. The number of nitrogens with one attached hydrogen (secondary N) is 2. The van der Waals surface area contributed by atoms with Gasteiger partial charge in [0.25, 0.3) is 0 Å². The molecule has 210 valence electrons. The number of H-pyrrole nitrogens is 1. The van der Waals surface area contributed by atoms with E-state index in [0.717, 1.165) is 26.8 Å². The first kappa shape index (κ1) is 26.2. The molecule has 41 heavy (non-hydrogen) atoms. The molecule has 1 aromatic heterocycles. The fourth-order valence-corrected chi connectivity index (χ4v) is 10.4. The summed E-state index contributed by atoms with van der Waals surface area (Å²) in [6, 6.07) is 16.4. The number of benzene rings is 2. The van der Waals surface area contributed by atoms with Gasteiger partial charge in [0.2, 0.25) is 17.7 Å². The van der Waals surface area contributed by atoms with Crippen LogP contribution in [0.25, 0.3) is 0 Å². The number of rotatable bonds is 6. The summed E-state index contributed by atoms with van der Waals surface area (Å²) in [6.45, 7) is 1.64. The van der Waals surface area contributed by atoms with E-state index < -0.39 is 23.7 Å². The van der Waals surface area contributed by atoms with Gasteiger partial charge >= 0.3 is 10.8 Å². The molecule has 11 heteroatoms. The van der Waals surface area contributed by atoms with Crippen molar-refractivity contribution in [2.24, 2.45) is 29.6 Å². The van der Waals surface area contributed by atoms with Crippen molar-refractivity contribution in [1.29, 1.82) is 0 Å². The fraction of sp³-hybridized carbons (Fsp3) is 0.367. The number of hydrogen-bond donors (Lipinski definition) is 2. The Morgan fingerprint density at radius 1 is 1.00 bits per heavy atom. The molecule has 4 aliphatic rings. The van der Waals surface area contributed by atoms with Gasteiger partial charge in [0.15, 0.2) is 0 Å². The molecule has 3 heterocycles. The number of esters is 1. The number of thioether (sulfide) groups is 1. The first-order valence-corrected chi connectivity index (χ1v) is 15.4. The molecule has 2 aromatic carbocycles. The number of nitrogens with zero attached hydrogens (tertiary/aromatic N) is 1. The third-order valence-electron chi connectivity index (χ3n) is 8.96. The molecule has 0 spiro atoms. The normalized spacial score (nSPS) is 29.2. The van der Waals surface area contributed by atoms with E-state index in [0.29, 0.717) is 11.3 Å². The van der Waals surface area contributed by atoms with Crippen LogP contribution in [0.4, 0.5) is 5.69 Å². The fourth-order valence-electron chi connectivity index (χ4n) is 7.52. The Morgan fingerprint density at radius 3 is 2.41 bits per heavy atom. The minimum absolute atomic E-state index is 0.00186. The van der Waals surface area contributed by atoms with E-state index in [1.807, 2.05) is 18.2 Å². The summed E-state index contributed by atoms with van der Waals surface area (Å²) in [5.41, 5.74) is 1.94. The molecule has 6 unspecified atom stereocenters. The first-order valence-electron chi connectivity index (χ1n) is 13.7. The van der Waals surface area contributed by atoms with Gasteiger partial charge in [-0.25, -0.2) is 4.79 Å². The highest BCUT2D eigenvalue weighted by Gasteiger charge is 2.69. The zero-order chi connectivity index (χ0) is 28.4. The van der Waals surface area contributed by atoms with Crippen molar-refractivity contribution in [1.82, 2.24) is 9.88 Å². The van der Waals surface area contributed by atoms with Crippen molar-refractivity contribution in [3.05, 3.63) is 80.3 Å². The SMILES string of the molecule is CCOC(=O)c1ccc(NC(=O)CN2C(=O)C3C4CC(C3C2=O)C2C4Sc3[nH]c(=O)sc3[C@@H]2c2ccccc2)cc1. The number of amides is 3. The highest BCUT2D eigenvalue weighted by atomic mass is 32.2. The van der Waals surface area contributed by atoms with E-state index in [9.17, 15) is 24.0 Å². The van der Waals surface area contributed by atoms with Gasteiger partial charge in [0.05, 0.1) is 29.0 Å². The van der Waals surface area contributed by atoms with Crippen LogP contribution in [0.1, 0.15) is 40.1 Å². The molecule has 9 nitrogen and oxygen atoms in total. The summed E-state index contributed by atoms with van der Waals surface area (Å²) in [5, 5.41) is 3.71. The molecular weight excluding hydrogens is 562 g/mol. The lowest BCUT2D eigenvalue weighted by molar-refractivity contribution is -0.143. The lowest BCUT2D eigenvalue weighted by atomic mass is 9.68. The number of carbonyl (C=O) groups excluding carboxylic acids is 4. The summed E-state index contributed by atoms with van der Waals surface area (Å²) >= 11 is 2.88. The molecule has 3 aromatic rings. The minimum atomic E-state index is -0.475. The minimum Gasteiger partial charge on any atom is -0.462 e. The molecule has 2 N–H and O–H groups in total. The number of aromatic amines is 1. The number of hydrogen-bond acceptors (Lipinski definition) is 8. The molecule has 3 amide bonds. The standard InChI is InChI=1S/C30H27N3O6S2/c1-2-39-29(37)15-8-10-16(11-9-15)31-19(34)13-33-27(35)22-17-12-18(23(22)28(33)36)24-21(17)20(14-6-4-3-5-7-14)25-26(40-24)32-30(38)41-25/h3-11,17-18,20-24H,2,12-13H2,1H3,(H,31,34)(H,32,38)/t17?,18?,20-,21?,22?,23?,24?/m1/s1. The van der Waals surface area contributed by atoms with Gasteiger partial charge < -0.3 is 15.0 Å². The van der Waals surface area contributed by atoms with Crippen molar-refractivity contribution in [2.45, 2.75) is 29.5 Å². The van der Waals surface area contributed by atoms with Gasteiger partial charge in [-0.1, -0.05) is 41.7 Å². The van der Waals surface area contributed by atoms with Crippen molar-refractivity contribution in [3.63, 3.8) is 0 Å². The maximum absolute atomic E-state index is 13.7. The lowest BCUT2D eigenvalue weighted by Gasteiger charge is -2.43. The summed E-state index contributed by atoms with van der Waals surface area (Å²) < 4.78 is 4.98.